The highest BCUT2D eigenvalue weighted by Crippen LogP contribution is 2.02. The molecule has 19 heavy (non-hydrogen) atoms. The minimum absolute atomic E-state index is 0.363. The summed E-state index contributed by atoms with van der Waals surface area (Å²) in [6.45, 7) is 7.38. The van der Waals surface area contributed by atoms with E-state index in [1.165, 1.54) is 12.8 Å². The molecule has 0 saturated carbocycles. The quantitative estimate of drug-likeness (QED) is 0.506. The molecule has 0 aromatic carbocycles. The number of hydrogen-bond acceptors (Lipinski definition) is 3. The summed E-state index contributed by atoms with van der Waals surface area (Å²) in [7, 11) is 2.16. The molecule has 0 aromatic rings. The number of carboxylic acid groups (broad SMARTS) is 1. The average molecular weight is 272 g/mol. The Morgan fingerprint density at radius 2 is 1.74 bits per heavy atom. The Hall–Kier alpha value is -0.610. The van der Waals surface area contributed by atoms with Crippen molar-refractivity contribution in [1.82, 2.24) is 10.2 Å². The summed E-state index contributed by atoms with van der Waals surface area (Å²) >= 11 is 0. The summed E-state index contributed by atoms with van der Waals surface area (Å²) in [6.07, 6.45) is 7.44. The number of rotatable bonds is 13. The summed E-state index contributed by atoms with van der Waals surface area (Å²) in [5.41, 5.74) is 0. The minimum Gasteiger partial charge on any atom is -0.480 e. The number of aliphatic carboxylic acids is 1. The van der Waals surface area contributed by atoms with Gasteiger partial charge in [-0.3, -0.25) is 4.79 Å². The smallest absolute Gasteiger partial charge is 0.320 e. The highest BCUT2D eigenvalue weighted by Gasteiger charge is 2.14. The molecule has 0 aliphatic carbocycles. The molecule has 0 amide bonds. The van der Waals surface area contributed by atoms with Crippen LogP contribution in [0.4, 0.5) is 0 Å². The van der Waals surface area contributed by atoms with Gasteiger partial charge in [0.2, 0.25) is 0 Å². The summed E-state index contributed by atoms with van der Waals surface area (Å²) in [4.78, 5) is 13.4. The molecule has 0 bridgehead atoms. The normalized spacial score (nSPS) is 12.8. The maximum atomic E-state index is 11.0. The van der Waals surface area contributed by atoms with Gasteiger partial charge in [0.1, 0.15) is 6.04 Å². The second-order valence-corrected chi connectivity index (χ2v) is 5.35. The van der Waals surface area contributed by atoms with Crippen LogP contribution in [0.1, 0.15) is 58.8 Å². The third-order valence-corrected chi connectivity index (χ3v) is 3.40. The van der Waals surface area contributed by atoms with E-state index in [1.54, 1.807) is 0 Å². The highest BCUT2D eigenvalue weighted by molar-refractivity contribution is 5.73. The molecular formula is C15H32N2O2. The van der Waals surface area contributed by atoms with E-state index in [2.05, 4.69) is 31.1 Å². The standard InChI is InChI=1S/C15H32N2O2/c1-4-6-10-14(15(18)19)16-11-8-9-13-17(3)12-7-5-2/h14,16H,4-13H2,1-3H3,(H,18,19). The topological polar surface area (TPSA) is 52.6 Å². The fraction of sp³-hybridized carbons (Fsp3) is 0.933. The van der Waals surface area contributed by atoms with Crippen LogP contribution < -0.4 is 5.32 Å². The SMILES string of the molecule is CCCCC(NCCCCN(C)CCCC)C(=O)O. The molecular weight excluding hydrogens is 240 g/mol. The van der Waals surface area contributed by atoms with Crippen molar-refractivity contribution in [3.63, 3.8) is 0 Å². The Kier molecular flexibility index (Phi) is 12.0. The van der Waals surface area contributed by atoms with Gasteiger partial charge in [-0.15, -0.1) is 0 Å². The van der Waals surface area contributed by atoms with E-state index < -0.39 is 5.97 Å². The van der Waals surface area contributed by atoms with Crippen molar-refractivity contribution >= 4 is 5.97 Å². The zero-order chi connectivity index (χ0) is 14.5. The van der Waals surface area contributed by atoms with Crippen molar-refractivity contribution in [2.45, 2.75) is 64.8 Å². The second-order valence-electron chi connectivity index (χ2n) is 5.35. The predicted molar refractivity (Wildman–Crippen MR) is 80.6 cm³/mol. The van der Waals surface area contributed by atoms with Gasteiger partial charge in [0.25, 0.3) is 0 Å². The lowest BCUT2D eigenvalue weighted by Crippen LogP contribution is -2.37. The number of unbranched alkanes of at least 4 members (excludes halogenated alkanes) is 3. The van der Waals surface area contributed by atoms with Gasteiger partial charge in [-0.05, 0) is 52.4 Å². The van der Waals surface area contributed by atoms with Gasteiger partial charge >= 0.3 is 5.97 Å². The maximum Gasteiger partial charge on any atom is 0.320 e. The summed E-state index contributed by atoms with van der Waals surface area (Å²) in [5, 5.41) is 12.2. The Morgan fingerprint density at radius 1 is 1.11 bits per heavy atom. The van der Waals surface area contributed by atoms with Gasteiger partial charge < -0.3 is 15.3 Å². The van der Waals surface area contributed by atoms with Crippen LogP contribution >= 0.6 is 0 Å². The molecule has 4 nitrogen and oxygen atoms in total. The number of carbonyl (C=O) groups is 1. The first kappa shape index (κ1) is 18.4. The summed E-state index contributed by atoms with van der Waals surface area (Å²) in [6, 6.07) is -0.363. The van der Waals surface area contributed by atoms with Gasteiger partial charge in [-0.2, -0.15) is 0 Å². The third-order valence-electron chi connectivity index (χ3n) is 3.40. The van der Waals surface area contributed by atoms with Crippen LogP contribution in [-0.2, 0) is 4.79 Å². The van der Waals surface area contributed by atoms with Gasteiger partial charge in [0.15, 0.2) is 0 Å². The molecule has 0 aliphatic heterocycles. The van der Waals surface area contributed by atoms with E-state index in [-0.39, 0.29) is 6.04 Å². The van der Waals surface area contributed by atoms with E-state index in [4.69, 9.17) is 5.11 Å². The largest absolute Gasteiger partial charge is 0.480 e. The Labute approximate surface area is 118 Å². The van der Waals surface area contributed by atoms with Crippen LogP contribution in [0.15, 0.2) is 0 Å². The molecule has 0 aromatic heterocycles. The van der Waals surface area contributed by atoms with Gasteiger partial charge in [-0.25, -0.2) is 0 Å². The molecule has 0 rings (SSSR count). The monoisotopic (exact) mass is 272 g/mol. The Balaban J connectivity index is 3.56. The van der Waals surface area contributed by atoms with Crippen molar-refractivity contribution in [2.75, 3.05) is 26.7 Å². The van der Waals surface area contributed by atoms with E-state index in [0.29, 0.717) is 0 Å². The van der Waals surface area contributed by atoms with Crippen molar-refractivity contribution in [3.8, 4) is 0 Å². The first-order chi connectivity index (χ1) is 9.11. The lowest BCUT2D eigenvalue weighted by Gasteiger charge is -2.17. The molecule has 114 valence electrons. The predicted octanol–water partition coefficient (Wildman–Crippen LogP) is 2.73. The van der Waals surface area contributed by atoms with Crippen molar-refractivity contribution in [2.24, 2.45) is 0 Å². The van der Waals surface area contributed by atoms with Gasteiger partial charge in [0.05, 0.1) is 0 Å². The number of nitrogens with one attached hydrogen (secondary N) is 1. The van der Waals surface area contributed by atoms with E-state index in [0.717, 1.165) is 51.7 Å². The Bertz CT molecular complexity index is 222. The van der Waals surface area contributed by atoms with Crippen LogP contribution in [0, 0.1) is 0 Å². The van der Waals surface area contributed by atoms with Gasteiger partial charge in [-0.1, -0.05) is 33.1 Å². The molecule has 1 atom stereocenters. The van der Waals surface area contributed by atoms with Crippen molar-refractivity contribution in [1.29, 1.82) is 0 Å². The van der Waals surface area contributed by atoms with E-state index in [1.807, 2.05) is 0 Å². The van der Waals surface area contributed by atoms with Crippen molar-refractivity contribution < 1.29 is 9.90 Å². The lowest BCUT2D eigenvalue weighted by molar-refractivity contribution is -0.139. The maximum absolute atomic E-state index is 11.0. The molecule has 0 fully saturated rings. The van der Waals surface area contributed by atoms with Crippen LogP contribution in [-0.4, -0.2) is 48.7 Å². The molecule has 0 spiro atoms. The molecule has 0 saturated heterocycles. The summed E-state index contributed by atoms with van der Waals surface area (Å²) in [5.74, 6) is -0.714. The van der Waals surface area contributed by atoms with Crippen LogP contribution in [0.25, 0.3) is 0 Å². The zero-order valence-electron chi connectivity index (χ0n) is 13.0. The van der Waals surface area contributed by atoms with E-state index >= 15 is 0 Å². The van der Waals surface area contributed by atoms with Crippen LogP contribution in [0.2, 0.25) is 0 Å². The Morgan fingerprint density at radius 3 is 2.32 bits per heavy atom. The lowest BCUT2D eigenvalue weighted by atomic mass is 10.1. The second kappa shape index (κ2) is 12.4. The minimum atomic E-state index is -0.714. The molecule has 0 aliphatic rings. The third kappa shape index (κ3) is 11.0. The van der Waals surface area contributed by atoms with Crippen LogP contribution in [0.5, 0.6) is 0 Å². The number of nitrogens with zero attached hydrogens (tertiary/aromatic N) is 1. The fourth-order valence-electron chi connectivity index (χ4n) is 2.04. The number of carboxylic acids is 1. The van der Waals surface area contributed by atoms with Crippen molar-refractivity contribution in [3.05, 3.63) is 0 Å². The first-order valence-electron chi connectivity index (χ1n) is 7.76. The molecule has 2 N–H and O–H groups in total. The van der Waals surface area contributed by atoms with E-state index in [9.17, 15) is 4.79 Å². The number of hydrogen-bond donors (Lipinski definition) is 2. The average Bonchev–Trinajstić information content (AvgIpc) is 2.39. The molecule has 0 heterocycles. The highest BCUT2D eigenvalue weighted by atomic mass is 16.4. The zero-order valence-corrected chi connectivity index (χ0v) is 13.0. The first-order valence-corrected chi connectivity index (χ1v) is 7.76. The molecule has 1 unspecified atom stereocenters. The summed E-state index contributed by atoms with van der Waals surface area (Å²) < 4.78 is 0. The molecule has 0 radical (unpaired) electrons. The van der Waals surface area contributed by atoms with Gasteiger partial charge in [0, 0.05) is 0 Å². The van der Waals surface area contributed by atoms with Crippen LogP contribution in [0.3, 0.4) is 0 Å². The fourth-order valence-corrected chi connectivity index (χ4v) is 2.04. The molecule has 4 heteroatoms.